The summed E-state index contributed by atoms with van der Waals surface area (Å²) in [7, 11) is 0. The minimum Gasteiger partial charge on any atom is -0.339 e. The van der Waals surface area contributed by atoms with Gasteiger partial charge in [0.25, 0.3) is 0 Å². The van der Waals surface area contributed by atoms with Crippen LogP contribution in [0, 0.1) is 0 Å². The van der Waals surface area contributed by atoms with E-state index in [0.29, 0.717) is 28.7 Å². The first-order valence-corrected chi connectivity index (χ1v) is 8.22. The Morgan fingerprint density at radius 1 is 0.889 bits per heavy atom. The first kappa shape index (κ1) is 18.0. The zero-order valence-electron chi connectivity index (χ0n) is 14.9. The molecule has 8 heteroatoms. The molecule has 0 radical (unpaired) electrons. The molecule has 0 aliphatic heterocycles. The lowest BCUT2D eigenvalue weighted by Crippen LogP contribution is -2.05. The van der Waals surface area contributed by atoms with Crippen molar-refractivity contribution in [1.29, 1.82) is 0 Å². The smallest absolute Gasteiger partial charge is 0.249 e. The van der Waals surface area contributed by atoms with Gasteiger partial charge in [-0.1, -0.05) is 12.1 Å². The lowest BCUT2D eigenvalue weighted by atomic mass is 10.1. The van der Waals surface area contributed by atoms with Gasteiger partial charge >= 0.3 is 0 Å². The highest BCUT2D eigenvalue weighted by Gasteiger charge is 2.05. The highest BCUT2D eigenvalue weighted by molar-refractivity contribution is 5.95. The van der Waals surface area contributed by atoms with Crippen LogP contribution in [0.3, 0.4) is 0 Å². The van der Waals surface area contributed by atoms with Gasteiger partial charge in [0.1, 0.15) is 0 Å². The number of amides is 1. The van der Waals surface area contributed by atoms with Crippen LogP contribution < -0.4 is 16.0 Å². The zero-order valence-corrected chi connectivity index (χ0v) is 14.9. The molecule has 3 aromatic rings. The molecule has 1 aromatic heterocycles. The third kappa shape index (κ3) is 5.08. The van der Waals surface area contributed by atoms with Crippen LogP contribution in [0.2, 0.25) is 0 Å². The van der Waals surface area contributed by atoms with Crippen molar-refractivity contribution in [2.45, 2.75) is 13.8 Å². The summed E-state index contributed by atoms with van der Waals surface area (Å²) in [6.07, 6.45) is 1.50. The lowest BCUT2D eigenvalue weighted by Gasteiger charge is -2.09. The molecular weight excluding hydrogens is 344 g/mol. The molecule has 27 heavy (non-hydrogen) atoms. The molecule has 1 heterocycles. The lowest BCUT2D eigenvalue weighted by molar-refractivity contribution is -0.114. The second kappa shape index (κ2) is 8.05. The summed E-state index contributed by atoms with van der Waals surface area (Å²) in [5, 5.41) is 16.7. The van der Waals surface area contributed by atoms with Crippen molar-refractivity contribution in [2.75, 3.05) is 16.0 Å². The van der Waals surface area contributed by atoms with E-state index in [1.54, 1.807) is 30.3 Å². The molecule has 2 aromatic carbocycles. The molecule has 0 unspecified atom stereocenters. The first-order chi connectivity index (χ1) is 13.0. The van der Waals surface area contributed by atoms with Crippen LogP contribution in [-0.4, -0.2) is 26.9 Å². The summed E-state index contributed by atoms with van der Waals surface area (Å²) < 4.78 is 0. The molecule has 0 spiro atoms. The van der Waals surface area contributed by atoms with Crippen LogP contribution in [-0.2, 0) is 4.79 Å². The summed E-state index contributed by atoms with van der Waals surface area (Å²) in [5.41, 5.74) is 2.79. The highest BCUT2D eigenvalue weighted by atomic mass is 16.1. The second-order valence-electron chi connectivity index (χ2n) is 5.81. The SMILES string of the molecule is CC(=O)Nc1ccc(Nc2cnnc(Nc3cccc(C(C)=O)c3)n2)cc1. The summed E-state index contributed by atoms with van der Waals surface area (Å²) in [6.45, 7) is 2.97. The van der Waals surface area contributed by atoms with Crippen LogP contribution in [0.4, 0.5) is 28.8 Å². The minimum atomic E-state index is -0.125. The van der Waals surface area contributed by atoms with Crippen molar-refractivity contribution in [3.63, 3.8) is 0 Å². The van der Waals surface area contributed by atoms with E-state index in [4.69, 9.17) is 0 Å². The molecule has 0 fully saturated rings. The number of hydrogen-bond acceptors (Lipinski definition) is 7. The standard InChI is InChI=1S/C19H18N6O2/c1-12(26)14-4-3-5-17(10-14)23-19-24-18(11-20-25-19)22-16-8-6-15(7-9-16)21-13(2)27/h3-11H,1-2H3,(H,21,27)(H2,22,23,24,25). The van der Waals surface area contributed by atoms with Gasteiger partial charge in [0.15, 0.2) is 11.6 Å². The third-order valence-electron chi connectivity index (χ3n) is 3.56. The summed E-state index contributed by atoms with van der Waals surface area (Å²) >= 11 is 0. The number of hydrogen-bond donors (Lipinski definition) is 3. The Balaban J connectivity index is 1.71. The van der Waals surface area contributed by atoms with E-state index >= 15 is 0 Å². The quantitative estimate of drug-likeness (QED) is 0.576. The van der Waals surface area contributed by atoms with Crippen LogP contribution in [0.25, 0.3) is 0 Å². The Labute approximate surface area is 156 Å². The number of anilines is 5. The Morgan fingerprint density at radius 3 is 2.33 bits per heavy atom. The molecule has 3 rings (SSSR count). The Kier molecular flexibility index (Phi) is 5.36. The topological polar surface area (TPSA) is 109 Å². The maximum Gasteiger partial charge on any atom is 0.249 e. The summed E-state index contributed by atoms with van der Waals surface area (Å²) in [6, 6.07) is 14.3. The van der Waals surface area contributed by atoms with Gasteiger partial charge in [0.05, 0.1) is 6.20 Å². The van der Waals surface area contributed by atoms with E-state index in [0.717, 1.165) is 5.69 Å². The average molecular weight is 362 g/mol. The molecule has 0 atom stereocenters. The van der Waals surface area contributed by atoms with E-state index in [9.17, 15) is 9.59 Å². The van der Waals surface area contributed by atoms with E-state index in [1.165, 1.54) is 20.0 Å². The van der Waals surface area contributed by atoms with Gasteiger partial charge in [0.2, 0.25) is 11.9 Å². The van der Waals surface area contributed by atoms with E-state index < -0.39 is 0 Å². The van der Waals surface area contributed by atoms with E-state index in [2.05, 4.69) is 31.1 Å². The molecule has 8 nitrogen and oxygen atoms in total. The number of Topliss-reactive ketones (excluding diaryl/α,β-unsaturated/α-hetero) is 1. The molecule has 0 saturated carbocycles. The number of ketones is 1. The Bertz CT molecular complexity index is 972. The fourth-order valence-electron chi connectivity index (χ4n) is 2.35. The van der Waals surface area contributed by atoms with Crippen molar-refractivity contribution >= 4 is 40.5 Å². The van der Waals surface area contributed by atoms with Gasteiger partial charge in [-0.15, -0.1) is 5.10 Å². The van der Waals surface area contributed by atoms with Gasteiger partial charge < -0.3 is 16.0 Å². The number of nitrogens with zero attached hydrogens (tertiary/aromatic N) is 3. The second-order valence-corrected chi connectivity index (χ2v) is 5.81. The number of carbonyl (C=O) groups is 2. The van der Waals surface area contributed by atoms with Gasteiger partial charge in [-0.2, -0.15) is 10.1 Å². The molecule has 0 aliphatic rings. The van der Waals surface area contributed by atoms with Crippen molar-refractivity contribution in [2.24, 2.45) is 0 Å². The molecule has 0 aliphatic carbocycles. The van der Waals surface area contributed by atoms with Crippen molar-refractivity contribution in [3.05, 3.63) is 60.3 Å². The monoisotopic (exact) mass is 362 g/mol. The van der Waals surface area contributed by atoms with E-state index in [1.807, 2.05) is 18.2 Å². The fourth-order valence-corrected chi connectivity index (χ4v) is 2.35. The van der Waals surface area contributed by atoms with Crippen molar-refractivity contribution < 1.29 is 9.59 Å². The zero-order chi connectivity index (χ0) is 19.2. The van der Waals surface area contributed by atoms with Crippen LogP contribution in [0.15, 0.2) is 54.7 Å². The largest absolute Gasteiger partial charge is 0.339 e. The third-order valence-corrected chi connectivity index (χ3v) is 3.56. The maximum absolute atomic E-state index is 11.5. The number of benzene rings is 2. The predicted molar refractivity (Wildman–Crippen MR) is 104 cm³/mol. The molecule has 0 saturated heterocycles. The van der Waals surface area contributed by atoms with Gasteiger partial charge in [-0.05, 0) is 43.3 Å². The Hall–Kier alpha value is -3.81. The fraction of sp³-hybridized carbons (Fsp3) is 0.105. The van der Waals surface area contributed by atoms with Crippen molar-refractivity contribution in [3.8, 4) is 0 Å². The number of carbonyl (C=O) groups excluding carboxylic acids is 2. The van der Waals surface area contributed by atoms with Crippen LogP contribution in [0.5, 0.6) is 0 Å². The summed E-state index contributed by atoms with van der Waals surface area (Å²) in [5.74, 6) is 0.661. The average Bonchev–Trinajstić information content (AvgIpc) is 2.63. The van der Waals surface area contributed by atoms with Crippen molar-refractivity contribution in [1.82, 2.24) is 15.2 Å². The molecular formula is C19H18N6O2. The van der Waals surface area contributed by atoms with Gasteiger partial charge in [-0.3, -0.25) is 9.59 Å². The summed E-state index contributed by atoms with van der Waals surface area (Å²) in [4.78, 5) is 26.9. The minimum absolute atomic E-state index is 0.0178. The molecule has 0 bridgehead atoms. The number of nitrogens with one attached hydrogen (secondary N) is 3. The Morgan fingerprint density at radius 2 is 1.63 bits per heavy atom. The van der Waals surface area contributed by atoms with Crippen LogP contribution in [0.1, 0.15) is 24.2 Å². The highest BCUT2D eigenvalue weighted by Crippen LogP contribution is 2.19. The predicted octanol–water partition coefficient (Wildman–Crippen LogP) is 3.52. The molecule has 136 valence electrons. The number of rotatable bonds is 6. The van der Waals surface area contributed by atoms with Crippen LogP contribution >= 0.6 is 0 Å². The molecule has 1 amide bonds. The number of aromatic nitrogens is 3. The maximum atomic E-state index is 11.5. The molecule has 3 N–H and O–H groups in total. The van der Waals surface area contributed by atoms with Gasteiger partial charge in [-0.25, -0.2) is 0 Å². The van der Waals surface area contributed by atoms with Gasteiger partial charge in [0, 0.05) is 29.5 Å². The normalized spacial score (nSPS) is 10.1. The van der Waals surface area contributed by atoms with E-state index in [-0.39, 0.29) is 11.7 Å². The first-order valence-electron chi connectivity index (χ1n) is 8.22.